The molecule has 37 heavy (non-hydrogen) atoms. The number of nitrogens with one attached hydrogen (secondary N) is 2. The van der Waals surface area contributed by atoms with Crippen LogP contribution in [-0.4, -0.2) is 50.1 Å². The average Bonchev–Trinajstić information content (AvgIpc) is 2.81. The van der Waals surface area contributed by atoms with E-state index in [9.17, 15) is 19.8 Å². The molecule has 0 fully saturated rings. The first-order chi connectivity index (χ1) is 17.5. The van der Waals surface area contributed by atoms with Gasteiger partial charge in [-0.25, -0.2) is 9.97 Å². The predicted octanol–water partition coefficient (Wildman–Crippen LogP) is 4.21. The number of rotatable bonds is 12. The Bertz CT molecular complexity index is 1200. The maximum absolute atomic E-state index is 11.4. The monoisotopic (exact) mass is 505 g/mol. The lowest BCUT2D eigenvalue weighted by Crippen LogP contribution is -2.34. The van der Waals surface area contributed by atoms with Crippen LogP contribution >= 0.6 is 0 Å². The highest BCUT2D eigenvalue weighted by Crippen LogP contribution is 2.30. The van der Waals surface area contributed by atoms with Crippen LogP contribution in [0.5, 0.6) is 0 Å². The van der Waals surface area contributed by atoms with E-state index in [-0.39, 0.29) is 19.6 Å². The third-order valence-electron chi connectivity index (χ3n) is 6.48. The SMILES string of the molecule is Cc1cccc(NCc2c(C)c(CNc3cccc(C)n3)c(C)c(CN(CC(=O)O)CC(=O)O)c2C)n1. The summed E-state index contributed by atoms with van der Waals surface area (Å²) in [4.78, 5) is 33.4. The molecule has 9 heteroatoms. The fraction of sp³-hybridized carbons (Fsp3) is 0.357. The summed E-state index contributed by atoms with van der Waals surface area (Å²) in [7, 11) is 0. The van der Waals surface area contributed by atoms with Gasteiger partial charge in [-0.05, 0) is 92.3 Å². The summed E-state index contributed by atoms with van der Waals surface area (Å²) >= 11 is 0. The minimum absolute atomic E-state index is 0.210. The van der Waals surface area contributed by atoms with Gasteiger partial charge in [-0.3, -0.25) is 14.5 Å². The van der Waals surface area contributed by atoms with Crippen molar-refractivity contribution in [3.05, 3.63) is 81.2 Å². The summed E-state index contributed by atoms with van der Waals surface area (Å²) in [6.45, 7) is 10.5. The van der Waals surface area contributed by atoms with Crippen molar-refractivity contribution in [1.29, 1.82) is 0 Å². The standard InChI is InChI=1S/C28H35N5O4/c1-17-8-6-10-25(31-17)29-12-22-19(3)23(13-30-26-11-7-9-18(2)32-26)21(5)24(20(22)4)14-33(15-27(34)35)16-28(36)37/h6-11H,12-16H2,1-5H3,(H,29,31)(H,30,32)(H,34,35)(H,36,37). The third kappa shape index (κ3) is 7.50. The Morgan fingerprint density at radius 2 is 1.11 bits per heavy atom. The first-order valence-corrected chi connectivity index (χ1v) is 12.2. The lowest BCUT2D eigenvalue weighted by Gasteiger charge is -2.26. The maximum Gasteiger partial charge on any atom is 0.317 e. The smallest absolute Gasteiger partial charge is 0.317 e. The lowest BCUT2D eigenvalue weighted by molar-refractivity contribution is -0.142. The summed E-state index contributed by atoms with van der Waals surface area (Å²) < 4.78 is 0. The van der Waals surface area contributed by atoms with E-state index in [0.29, 0.717) is 13.1 Å². The van der Waals surface area contributed by atoms with Crippen LogP contribution in [-0.2, 0) is 29.2 Å². The summed E-state index contributed by atoms with van der Waals surface area (Å²) in [5.74, 6) is -0.599. The molecule has 0 amide bonds. The van der Waals surface area contributed by atoms with Gasteiger partial charge in [-0.2, -0.15) is 0 Å². The molecule has 196 valence electrons. The molecule has 3 rings (SSSR count). The van der Waals surface area contributed by atoms with Gasteiger partial charge in [0, 0.05) is 31.0 Å². The van der Waals surface area contributed by atoms with Crippen molar-refractivity contribution in [1.82, 2.24) is 14.9 Å². The fourth-order valence-electron chi connectivity index (χ4n) is 4.57. The van der Waals surface area contributed by atoms with E-state index in [1.165, 1.54) is 4.90 Å². The number of aromatic nitrogens is 2. The molecule has 0 aliphatic carbocycles. The first kappa shape index (κ1) is 27.6. The van der Waals surface area contributed by atoms with E-state index in [1.807, 2.05) is 64.1 Å². The molecule has 0 saturated heterocycles. The summed E-state index contributed by atoms with van der Waals surface area (Å²) in [5.41, 5.74) is 8.03. The fourth-order valence-corrected chi connectivity index (χ4v) is 4.57. The topological polar surface area (TPSA) is 128 Å². The van der Waals surface area contributed by atoms with Gasteiger partial charge in [-0.15, -0.1) is 0 Å². The van der Waals surface area contributed by atoms with Crippen LogP contribution in [0.25, 0.3) is 0 Å². The van der Waals surface area contributed by atoms with Gasteiger partial charge < -0.3 is 20.8 Å². The van der Waals surface area contributed by atoms with E-state index in [4.69, 9.17) is 0 Å². The molecule has 2 aromatic heterocycles. The van der Waals surface area contributed by atoms with Crippen LogP contribution < -0.4 is 10.6 Å². The van der Waals surface area contributed by atoms with Crippen molar-refractivity contribution in [2.45, 2.75) is 54.3 Å². The molecule has 0 unspecified atom stereocenters. The van der Waals surface area contributed by atoms with E-state index in [2.05, 4.69) is 27.5 Å². The van der Waals surface area contributed by atoms with Crippen LogP contribution in [0.2, 0.25) is 0 Å². The number of aryl methyl sites for hydroxylation is 2. The summed E-state index contributed by atoms with van der Waals surface area (Å²) in [6, 6.07) is 11.6. The van der Waals surface area contributed by atoms with Crippen LogP contribution in [0, 0.1) is 34.6 Å². The van der Waals surface area contributed by atoms with Crippen molar-refractivity contribution in [2.24, 2.45) is 0 Å². The van der Waals surface area contributed by atoms with Gasteiger partial charge in [0.1, 0.15) is 11.6 Å². The van der Waals surface area contributed by atoms with E-state index in [1.54, 1.807) is 0 Å². The molecule has 9 nitrogen and oxygen atoms in total. The van der Waals surface area contributed by atoms with Crippen LogP contribution in [0.15, 0.2) is 36.4 Å². The zero-order valence-electron chi connectivity index (χ0n) is 22.1. The second-order valence-electron chi connectivity index (χ2n) is 9.28. The maximum atomic E-state index is 11.4. The Morgan fingerprint density at radius 1 is 0.703 bits per heavy atom. The predicted molar refractivity (Wildman–Crippen MR) is 144 cm³/mol. The van der Waals surface area contributed by atoms with Gasteiger partial charge in [0.25, 0.3) is 0 Å². The molecule has 2 heterocycles. The van der Waals surface area contributed by atoms with Crippen molar-refractivity contribution in [2.75, 3.05) is 23.7 Å². The molecular formula is C28H35N5O4. The zero-order chi connectivity index (χ0) is 27.1. The van der Waals surface area contributed by atoms with E-state index in [0.717, 1.165) is 56.4 Å². The van der Waals surface area contributed by atoms with Crippen molar-refractivity contribution in [3.8, 4) is 0 Å². The van der Waals surface area contributed by atoms with Crippen LogP contribution in [0.4, 0.5) is 11.6 Å². The molecule has 0 radical (unpaired) electrons. The zero-order valence-corrected chi connectivity index (χ0v) is 22.1. The second-order valence-corrected chi connectivity index (χ2v) is 9.28. The highest BCUT2D eigenvalue weighted by molar-refractivity contribution is 5.72. The molecule has 0 bridgehead atoms. The van der Waals surface area contributed by atoms with E-state index >= 15 is 0 Å². The van der Waals surface area contributed by atoms with Gasteiger partial charge in [0.2, 0.25) is 0 Å². The summed E-state index contributed by atoms with van der Waals surface area (Å²) in [6.07, 6.45) is 0. The average molecular weight is 506 g/mol. The number of carbonyl (C=O) groups is 2. The number of aliphatic carboxylic acids is 2. The molecule has 4 N–H and O–H groups in total. The Labute approximate surface area is 217 Å². The number of hydrogen-bond acceptors (Lipinski definition) is 7. The molecule has 0 aliphatic rings. The molecule has 0 saturated carbocycles. The number of nitrogens with zero attached hydrogens (tertiary/aromatic N) is 3. The molecule has 0 aliphatic heterocycles. The number of carboxylic acid groups (broad SMARTS) is 2. The Hall–Kier alpha value is -3.98. The highest BCUT2D eigenvalue weighted by Gasteiger charge is 2.21. The van der Waals surface area contributed by atoms with Crippen molar-refractivity contribution < 1.29 is 19.8 Å². The van der Waals surface area contributed by atoms with Crippen LogP contribution in [0.1, 0.15) is 44.8 Å². The van der Waals surface area contributed by atoms with Crippen LogP contribution in [0.3, 0.4) is 0 Å². The molecule has 0 spiro atoms. The van der Waals surface area contributed by atoms with Gasteiger partial charge in [0.15, 0.2) is 0 Å². The third-order valence-corrected chi connectivity index (χ3v) is 6.48. The lowest BCUT2D eigenvalue weighted by atomic mass is 9.87. The minimum Gasteiger partial charge on any atom is -0.480 e. The number of hydrogen-bond donors (Lipinski definition) is 4. The molecule has 3 aromatic rings. The Balaban J connectivity index is 2.02. The molecule has 0 atom stereocenters. The minimum atomic E-state index is -1.07. The largest absolute Gasteiger partial charge is 0.480 e. The van der Waals surface area contributed by atoms with E-state index < -0.39 is 11.9 Å². The normalized spacial score (nSPS) is 11.0. The number of anilines is 2. The quantitative estimate of drug-likeness (QED) is 0.286. The first-order valence-electron chi connectivity index (χ1n) is 12.2. The van der Waals surface area contributed by atoms with Gasteiger partial charge in [-0.1, -0.05) is 12.1 Å². The van der Waals surface area contributed by atoms with Gasteiger partial charge >= 0.3 is 11.9 Å². The number of carboxylic acids is 2. The van der Waals surface area contributed by atoms with Crippen molar-refractivity contribution in [3.63, 3.8) is 0 Å². The summed E-state index contributed by atoms with van der Waals surface area (Å²) in [5, 5.41) is 25.5. The highest BCUT2D eigenvalue weighted by atomic mass is 16.4. The Morgan fingerprint density at radius 3 is 1.49 bits per heavy atom. The van der Waals surface area contributed by atoms with Crippen molar-refractivity contribution >= 4 is 23.6 Å². The molecular weight excluding hydrogens is 470 g/mol. The number of benzene rings is 1. The second kappa shape index (κ2) is 12.3. The molecule has 1 aromatic carbocycles. The van der Waals surface area contributed by atoms with Gasteiger partial charge in [0.05, 0.1) is 13.1 Å². The Kier molecular flexibility index (Phi) is 9.19. The number of pyridine rings is 2.